The number of rotatable bonds is 4. The van der Waals surface area contributed by atoms with E-state index in [1.54, 1.807) is 35.6 Å². The van der Waals surface area contributed by atoms with Crippen LogP contribution in [0.3, 0.4) is 0 Å². The molecule has 0 spiro atoms. The van der Waals surface area contributed by atoms with Gasteiger partial charge in [-0.25, -0.2) is 0 Å². The second-order valence-electron chi connectivity index (χ2n) is 4.82. The quantitative estimate of drug-likeness (QED) is 0.879. The Hall–Kier alpha value is -2.60. The van der Waals surface area contributed by atoms with Crippen LogP contribution in [0.25, 0.3) is 6.08 Å². The van der Waals surface area contributed by atoms with Crippen LogP contribution in [0.1, 0.15) is 20.8 Å². The minimum atomic E-state index is -0.564. The summed E-state index contributed by atoms with van der Waals surface area (Å²) in [5.41, 5.74) is 6.60. The Kier molecular flexibility index (Phi) is 3.68. The highest BCUT2D eigenvalue weighted by Crippen LogP contribution is 2.35. The molecule has 1 aromatic carbocycles. The zero-order valence-corrected chi connectivity index (χ0v) is 12.6. The van der Waals surface area contributed by atoms with Crippen molar-refractivity contribution in [3.8, 4) is 11.5 Å². The minimum Gasteiger partial charge on any atom is -0.484 e. The number of fused-ring (bicyclic) bond motifs is 1. The summed E-state index contributed by atoms with van der Waals surface area (Å²) in [7, 11) is 0. The number of amides is 1. The topological polar surface area (TPSA) is 78.6 Å². The monoisotopic (exact) mass is 315 g/mol. The largest absolute Gasteiger partial charge is 0.484 e. The number of ketones is 1. The van der Waals surface area contributed by atoms with Crippen LogP contribution >= 0.6 is 11.3 Å². The molecule has 3 rings (SSSR count). The average molecular weight is 315 g/mol. The Morgan fingerprint density at radius 3 is 2.91 bits per heavy atom. The van der Waals surface area contributed by atoms with E-state index in [4.69, 9.17) is 15.2 Å². The third-order valence-electron chi connectivity index (χ3n) is 3.19. The molecule has 1 aliphatic heterocycles. The van der Waals surface area contributed by atoms with Crippen molar-refractivity contribution >= 4 is 29.1 Å². The van der Waals surface area contributed by atoms with E-state index in [-0.39, 0.29) is 18.1 Å². The summed E-state index contributed by atoms with van der Waals surface area (Å²) in [6, 6.07) is 6.80. The molecule has 2 aromatic rings. The lowest BCUT2D eigenvalue weighted by Gasteiger charge is -2.04. The van der Waals surface area contributed by atoms with Crippen LogP contribution in [0.15, 0.2) is 35.4 Å². The number of benzene rings is 1. The van der Waals surface area contributed by atoms with E-state index < -0.39 is 5.91 Å². The third-order valence-corrected chi connectivity index (χ3v) is 4.15. The summed E-state index contributed by atoms with van der Waals surface area (Å²) < 4.78 is 10.8. The maximum atomic E-state index is 12.3. The van der Waals surface area contributed by atoms with E-state index in [1.807, 2.05) is 18.4 Å². The van der Waals surface area contributed by atoms with Crippen molar-refractivity contribution in [3.05, 3.63) is 51.4 Å². The Balaban J connectivity index is 1.86. The number of Topliss-reactive ketones (excluding diaryl/α,β-unsaturated/α-hetero) is 1. The number of primary amides is 1. The van der Waals surface area contributed by atoms with Gasteiger partial charge in [-0.2, -0.15) is 0 Å². The Labute approximate surface area is 131 Å². The van der Waals surface area contributed by atoms with Crippen molar-refractivity contribution < 1.29 is 19.1 Å². The Bertz CT molecular complexity index is 791. The summed E-state index contributed by atoms with van der Waals surface area (Å²) >= 11 is 1.55. The van der Waals surface area contributed by atoms with E-state index in [2.05, 4.69) is 0 Å². The number of thiophene rings is 1. The molecule has 1 aliphatic rings. The van der Waals surface area contributed by atoms with Crippen LogP contribution in [-0.4, -0.2) is 18.3 Å². The summed E-state index contributed by atoms with van der Waals surface area (Å²) in [4.78, 5) is 24.0. The fraction of sp³-hybridized carbons (Fsp3) is 0.125. The Morgan fingerprint density at radius 1 is 1.41 bits per heavy atom. The number of allylic oxidation sites excluding steroid dienone is 1. The second kappa shape index (κ2) is 5.65. The zero-order valence-electron chi connectivity index (χ0n) is 11.8. The van der Waals surface area contributed by atoms with Gasteiger partial charge in [0.15, 0.2) is 12.4 Å². The van der Waals surface area contributed by atoms with E-state index >= 15 is 0 Å². The lowest BCUT2D eigenvalue weighted by atomic mass is 10.1. The number of hydrogen-bond acceptors (Lipinski definition) is 5. The van der Waals surface area contributed by atoms with Crippen molar-refractivity contribution in [1.82, 2.24) is 0 Å². The SMILES string of the molecule is Cc1ccsc1/C=C1\Oc2cc(OCC(N)=O)ccc2C1=O. The molecule has 0 radical (unpaired) electrons. The van der Waals surface area contributed by atoms with Crippen molar-refractivity contribution in [2.24, 2.45) is 5.73 Å². The second-order valence-corrected chi connectivity index (χ2v) is 5.77. The number of ether oxygens (including phenoxy) is 2. The summed E-state index contributed by atoms with van der Waals surface area (Å²) in [5, 5.41) is 1.96. The molecule has 0 atom stereocenters. The lowest BCUT2D eigenvalue weighted by Crippen LogP contribution is -2.19. The highest BCUT2D eigenvalue weighted by atomic mass is 32.1. The molecule has 1 aromatic heterocycles. The molecular formula is C16H13NO4S. The number of carbonyl (C=O) groups is 2. The van der Waals surface area contributed by atoms with Crippen molar-refractivity contribution in [1.29, 1.82) is 0 Å². The first-order valence-electron chi connectivity index (χ1n) is 6.58. The predicted octanol–water partition coefficient (Wildman–Crippen LogP) is 2.54. The molecule has 0 unspecified atom stereocenters. The van der Waals surface area contributed by atoms with Gasteiger partial charge in [-0.3, -0.25) is 9.59 Å². The van der Waals surface area contributed by atoms with Gasteiger partial charge in [0.2, 0.25) is 5.78 Å². The Morgan fingerprint density at radius 2 is 2.23 bits per heavy atom. The average Bonchev–Trinajstić information content (AvgIpc) is 3.02. The summed E-state index contributed by atoms with van der Waals surface area (Å²) in [6.07, 6.45) is 1.74. The van der Waals surface area contributed by atoms with E-state index in [1.165, 1.54) is 0 Å². The van der Waals surface area contributed by atoms with Gasteiger partial charge < -0.3 is 15.2 Å². The maximum absolute atomic E-state index is 12.3. The number of hydrogen-bond donors (Lipinski definition) is 1. The molecule has 6 heteroatoms. The molecule has 0 saturated heterocycles. The summed E-state index contributed by atoms with van der Waals surface area (Å²) in [5.74, 6) is 0.412. The maximum Gasteiger partial charge on any atom is 0.255 e. The molecule has 112 valence electrons. The van der Waals surface area contributed by atoms with Gasteiger partial charge in [-0.05, 0) is 36.1 Å². The van der Waals surface area contributed by atoms with Crippen molar-refractivity contribution in [3.63, 3.8) is 0 Å². The van der Waals surface area contributed by atoms with E-state index in [0.717, 1.165) is 10.4 Å². The van der Waals surface area contributed by atoms with Gasteiger partial charge in [-0.15, -0.1) is 11.3 Å². The molecule has 5 nitrogen and oxygen atoms in total. The fourth-order valence-electron chi connectivity index (χ4n) is 2.06. The molecule has 22 heavy (non-hydrogen) atoms. The first-order valence-corrected chi connectivity index (χ1v) is 7.46. The van der Waals surface area contributed by atoms with Gasteiger partial charge in [-0.1, -0.05) is 0 Å². The van der Waals surface area contributed by atoms with Crippen LogP contribution in [0.2, 0.25) is 0 Å². The van der Waals surface area contributed by atoms with Gasteiger partial charge in [0, 0.05) is 17.0 Å². The van der Waals surface area contributed by atoms with Gasteiger partial charge in [0.05, 0.1) is 5.56 Å². The summed E-state index contributed by atoms with van der Waals surface area (Å²) in [6.45, 7) is 1.76. The molecule has 0 aliphatic carbocycles. The highest BCUT2D eigenvalue weighted by molar-refractivity contribution is 7.11. The molecule has 0 saturated carbocycles. The van der Waals surface area contributed by atoms with Gasteiger partial charge >= 0.3 is 0 Å². The van der Waals surface area contributed by atoms with Crippen LogP contribution in [0, 0.1) is 6.92 Å². The van der Waals surface area contributed by atoms with Crippen molar-refractivity contribution in [2.75, 3.05) is 6.61 Å². The molecule has 1 amide bonds. The number of carbonyl (C=O) groups excluding carboxylic acids is 2. The first-order chi connectivity index (χ1) is 10.5. The van der Waals surface area contributed by atoms with Gasteiger partial charge in [0.1, 0.15) is 11.5 Å². The van der Waals surface area contributed by atoms with E-state index in [0.29, 0.717) is 17.1 Å². The highest BCUT2D eigenvalue weighted by Gasteiger charge is 2.28. The standard InChI is InChI=1S/C16H13NO4S/c1-9-4-5-22-14(9)7-13-16(19)11-3-2-10(6-12(11)21-13)20-8-15(17)18/h2-7H,8H2,1H3,(H2,17,18)/b13-7-. The van der Waals surface area contributed by atoms with Crippen LogP contribution in [-0.2, 0) is 4.79 Å². The molecule has 2 heterocycles. The van der Waals surface area contributed by atoms with Crippen molar-refractivity contribution in [2.45, 2.75) is 6.92 Å². The fourth-order valence-corrected chi connectivity index (χ4v) is 2.91. The first kappa shape index (κ1) is 14.3. The zero-order chi connectivity index (χ0) is 15.7. The predicted molar refractivity (Wildman–Crippen MR) is 83.1 cm³/mol. The van der Waals surface area contributed by atoms with Gasteiger partial charge in [0.25, 0.3) is 5.91 Å². The third kappa shape index (κ3) is 2.73. The van der Waals surface area contributed by atoms with Crippen LogP contribution in [0.5, 0.6) is 11.5 Å². The molecule has 0 bridgehead atoms. The smallest absolute Gasteiger partial charge is 0.255 e. The van der Waals surface area contributed by atoms with Crippen LogP contribution < -0.4 is 15.2 Å². The van der Waals surface area contributed by atoms with Crippen LogP contribution in [0.4, 0.5) is 0 Å². The minimum absolute atomic E-state index is 0.163. The lowest BCUT2D eigenvalue weighted by molar-refractivity contribution is -0.119. The molecular weight excluding hydrogens is 302 g/mol. The normalized spacial score (nSPS) is 14.8. The number of aryl methyl sites for hydroxylation is 1. The number of nitrogens with two attached hydrogens (primary N) is 1. The molecule has 0 fully saturated rings. The van der Waals surface area contributed by atoms with E-state index in [9.17, 15) is 9.59 Å². The molecule has 2 N–H and O–H groups in total.